The molecule has 2 fully saturated rings. The highest BCUT2D eigenvalue weighted by Gasteiger charge is 2.33. The Hall–Kier alpha value is -0.130. The van der Waals surface area contributed by atoms with Crippen LogP contribution >= 0.6 is 0 Å². The summed E-state index contributed by atoms with van der Waals surface area (Å²) in [6, 6.07) is 0.255. The first-order chi connectivity index (χ1) is 7.89. The third kappa shape index (κ3) is 3.93. The molecule has 0 radical (unpaired) electrons. The van der Waals surface area contributed by atoms with Crippen molar-refractivity contribution in [1.82, 2.24) is 10.0 Å². The summed E-state index contributed by atoms with van der Waals surface area (Å²) >= 11 is 0. The molecule has 17 heavy (non-hydrogen) atoms. The average molecular weight is 260 g/mol. The van der Waals surface area contributed by atoms with E-state index in [2.05, 4.69) is 23.9 Å². The molecule has 2 rings (SSSR count). The fraction of sp³-hybridized carbons (Fsp3) is 1.00. The highest BCUT2D eigenvalue weighted by atomic mass is 32.2. The Kier molecular flexibility index (Phi) is 3.80. The topological polar surface area (TPSA) is 58.2 Å². The lowest BCUT2D eigenvalue weighted by molar-refractivity contribution is 0.181. The largest absolute Gasteiger partial charge is 0.312 e. The van der Waals surface area contributed by atoms with Gasteiger partial charge in [0, 0.05) is 12.6 Å². The fourth-order valence-corrected chi connectivity index (χ4v) is 3.98. The van der Waals surface area contributed by atoms with E-state index >= 15 is 0 Å². The lowest BCUT2D eigenvalue weighted by atomic mass is 9.78. The van der Waals surface area contributed by atoms with Gasteiger partial charge in [-0.1, -0.05) is 13.8 Å². The molecule has 1 aliphatic carbocycles. The minimum absolute atomic E-state index is 0.181. The van der Waals surface area contributed by atoms with Crippen LogP contribution in [0.4, 0.5) is 0 Å². The second kappa shape index (κ2) is 4.86. The van der Waals surface area contributed by atoms with Gasteiger partial charge in [0.05, 0.1) is 5.75 Å². The first-order valence-electron chi connectivity index (χ1n) is 6.60. The summed E-state index contributed by atoms with van der Waals surface area (Å²) in [6.07, 6.45) is 4.50. The molecule has 1 heterocycles. The van der Waals surface area contributed by atoms with Crippen LogP contribution in [0.5, 0.6) is 0 Å². The number of sulfonamides is 1. The molecule has 0 amide bonds. The third-order valence-corrected chi connectivity index (χ3v) is 5.51. The normalized spacial score (nSPS) is 29.2. The number of hydrogen-bond acceptors (Lipinski definition) is 3. The first-order valence-corrected chi connectivity index (χ1v) is 8.25. The smallest absolute Gasteiger partial charge is 0.211 e. The van der Waals surface area contributed by atoms with Gasteiger partial charge in [0.2, 0.25) is 10.0 Å². The molecule has 0 aromatic heterocycles. The van der Waals surface area contributed by atoms with Crippen molar-refractivity contribution in [2.75, 3.05) is 18.8 Å². The zero-order valence-electron chi connectivity index (χ0n) is 10.8. The van der Waals surface area contributed by atoms with E-state index in [9.17, 15) is 8.42 Å². The predicted molar refractivity (Wildman–Crippen MR) is 69.3 cm³/mol. The van der Waals surface area contributed by atoms with Crippen LogP contribution in [0.1, 0.15) is 39.5 Å². The van der Waals surface area contributed by atoms with Crippen molar-refractivity contribution in [3.63, 3.8) is 0 Å². The first kappa shape index (κ1) is 13.3. The number of hydrogen-bond donors (Lipinski definition) is 2. The average Bonchev–Trinajstić information content (AvgIpc) is 2.98. The van der Waals surface area contributed by atoms with Crippen LogP contribution in [0.2, 0.25) is 0 Å². The van der Waals surface area contributed by atoms with Gasteiger partial charge in [-0.2, -0.15) is 0 Å². The molecule has 0 spiro atoms. The van der Waals surface area contributed by atoms with E-state index in [1.807, 2.05) is 0 Å². The Balaban J connectivity index is 1.83. The van der Waals surface area contributed by atoms with Crippen LogP contribution in [0, 0.1) is 11.3 Å². The highest BCUT2D eigenvalue weighted by Crippen LogP contribution is 2.31. The maximum atomic E-state index is 11.8. The van der Waals surface area contributed by atoms with Gasteiger partial charge in [-0.15, -0.1) is 0 Å². The summed E-state index contributed by atoms with van der Waals surface area (Å²) in [7, 11) is -3.06. The Morgan fingerprint density at radius 2 is 2.06 bits per heavy atom. The van der Waals surface area contributed by atoms with Gasteiger partial charge < -0.3 is 5.32 Å². The van der Waals surface area contributed by atoms with Crippen LogP contribution in [-0.4, -0.2) is 33.3 Å². The monoisotopic (exact) mass is 260 g/mol. The van der Waals surface area contributed by atoms with Crippen molar-refractivity contribution in [3.05, 3.63) is 0 Å². The molecule has 1 unspecified atom stereocenters. The molecule has 4 nitrogen and oxygen atoms in total. The van der Waals surface area contributed by atoms with Crippen LogP contribution in [0.15, 0.2) is 0 Å². The van der Waals surface area contributed by atoms with Gasteiger partial charge in [0.25, 0.3) is 0 Å². The summed E-state index contributed by atoms with van der Waals surface area (Å²) in [5.74, 6) is 0.736. The molecule has 2 N–H and O–H groups in total. The standard InChI is InChI=1S/C12H24N2O2S/c1-12(2)6-3-7-13-11(12)8-14-17(15,16)9-10-4-5-10/h10-11,13-14H,3-9H2,1-2H3. The van der Waals surface area contributed by atoms with E-state index in [1.54, 1.807) is 0 Å². The van der Waals surface area contributed by atoms with Gasteiger partial charge in [0.1, 0.15) is 0 Å². The molecule has 1 saturated carbocycles. The minimum Gasteiger partial charge on any atom is -0.312 e. The van der Waals surface area contributed by atoms with E-state index in [1.165, 1.54) is 6.42 Å². The van der Waals surface area contributed by atoms with Gasteiger partial charge in [-0.3, -0.25) is 0 Å². The van der Waals surface area contributed by atoms with Gasteiger partial charge in [-0.05, 0) is 43.6 Å². The molecule has 1 saturated heterocycles. The summed E-state index contributed by atoms with van der Waals surface area (Å²) in [4.78, 5) is 0. The van der Waals surface area contributed by atoms with Crippen molar-refractivity contribution >= 4 is 10.0 Å². The fourth-order valence-electron chi connectivity index (χ4n) is 2.48. The summed E-state index contributed by atoms with van der Waals surface area (Å²) < 4.78 is 26.4. The Morgan fingerprint density at radius 1 is 1.35 bits per heavy atom. The zero-order chi connectivity index (χ0) is 12.5. The molecule has 100 valence electrons. The maximum absolute atomic E-state index is 11.8. The van der Waals surface area contributed by atoms with Gasteiger partial charge >= 0.3 is 0 Å². The van der Waals surface area contributed by atoms with E-state index in [-0.39, 0.29) is 11.5 Å². The van der Waals surface area contributed by atoms with Crippen molar-refractivity contribution in [2.24, 2.45) is 11.3 Å². The lowest BCUT2D eigenvalue weighted by Gasteiger charge is -2.39. The molecular weight excluding hydrogens is 236 g/mol. The predicted octanol–water partition coefficient (Wildman–Crippen LogP) is 1.09. The van der Waals surface area contributed by atoms with Crippen LogP contribution in [0.25, 0.3) is 0 Å². The number of rotatable bonds is 5. The van der Waals surface area contributed by atoms with Crippen molar-refractivity contribution in [1.29, 1.82) is 0 Å². The Bertz CT molecular complexity index is 361. The minimum atomic E-state index is -3.06. The molecule has 1 atom stereocenters. The highest BCUT2D eigenvalue weighted by molar-refractivity contribution is 7.89. The molecule has 0 aromatic carbocycles. The van der Waals surface area contributed by atoms with Crippen LogP contribution < -0.4 is 10.0 Å². The second-order valence-electron chi connectivity index (χ2n) is 6.17. The zero-order valence-corrected chi connectivity index (χ0v) is 11.6. The number of nitrogens with one attached hydrogen (secondary N) is 2. The summed E-state index contributed by atoms with van der Waals surface area (Å²) in [6.45, 7) is 5.94. The summed E-state index contributed by atoms with van der Waals surface area (Å²) in [5.41, 5.74) is 0.181. The van der Waals surface area contributed by atoms with Gasteiger partial charge in [0.15, 0.2) is 0 Å². The summed E-state index contributed by atoms with van der Waals surface area (Å²) in [5, 5.41) is 3.42. The number of piperidine rings is 1. The van der Waals surface area contributed by atoms with Crippen LogP contribution in [0.3, 0.4) is 0 Å². The van der Waals surface area contributed by atoms with Crippen molar-refractivity contribution < 1.29 is 8.42 Å². The molecule has 0 aromatic rings. The van der Waals surface area contributed by atoms with Gasteiger partial charge in [-0.25, -0.2) is 13.1 Å². The Labute approximate surface area is 105 Å². The quantitative estimate of drug-likeness (QED) is 0.778. The third-order valence-electron chi connectivity index (χ3n) is 3.99. The van der Waals surface area contributed by atoms with E-state index < -0.39 is 10.0 Å². The Morgan fingerprint density at radius 3 is 2.65 bits per heavy atom. The van der Waals surface area contributed by atoms with Crippen LogP contribution in [-0.2, 0) is 10.0 Å². The molecular formula is C12H24N2O2S. The molecule has 5 heteroatoms. The second-order valence-corrected chi connectivity index (χ2v) is 8.02. The molecule has 1 aliphatic heterocycles. The van der Waals surface area contributed by atoms with Crippen molar-refractivity contribution in [3.8, 4) is 0 Å². The molecule has 2 aliphatic rings. The lowest BCUT2D eigenvalue weighted by Crippen LogP contribution is -2.53. The molecule has 0 bridgehead atoms. The van der Waals surface area contributed by atoms with E-state index in [0.29, 0.717) is 18.2 Å². The maximum Gasteiger partial charge on any atom is 0.211 e. The SMILES string of the molecule is CC1(C)CCCNC1CNS(=O)(=O)CC1CC1. The van der Waals surface area contributed by atoms with Crippen molar-refractivity contribution in [2.45, 2.75) is 45.6 Å². The van der Waals surface area contributed by atoms with E-state index in [4.69, 9.17) is 0 Å². The van der Waals surface area contributed by atoms with E-state index in [0.717, 1.165) is 25.8 Å².